The third-order valence-electron chi connectivity index (χ3n) is 4.97. The summed E-state index contributed by atoms with van der Waals surface area (Å²) in [6.07, 6.45) is 1.44. The fourth-order valence-corrected chi connectivity index (χ4v) is 3.21. The number of hydrazone groups is 1. The number of nitro groups is 2. The van der Waals surface area contributed by atoms with Crippen molar-refractivity contribution in [2.24, 2.45) is 5.10 Å². The van der Waals surface area contributed by atoms with Crippen LogP contribution in [0.1, 0.15) is 11.1 Å². The lowest BCUT2D eigenvalue weighted by molar-refractivity contribution is -0.394. The van der Waals surface area contributed by atoms with Crippen molar-refractivity contribution in [1.29, 1.82) is 0 Å². The van der Waals surface area contributed by atoms with E-state index < -0.39 is 21.2 Å². The van der Waals surface area contributed by atoms with Crippen molar-refractivity contribution in [3.63, 3.8) is 0 Å². The second-order valence-electron chi connectivity index (χ2n) is 7.34. The van der Waals surface area contributed by atoms with Crippen LogP contribution in [0, 0.1) is 20.2 Å². The first-order valence-corrected chi connectivity index (χ1v) is 10.6. The molecular formula is C24H22N4O9. The lowest BCUT2D eigenvalue weighted by atomic mass is 10.1. The highest BCUT2D eigenvalue weighted by molar-refractivity contribution is 5.84. The van der Waals surface area contributed by atoms with Gasteiger partial charge in [0.15, 0.2) is 23.0 Å². The molecule has 192 valence electrons. The molecular weight excluding hydrogens is 488 g/mol. The number of nitrogens with zero attached hydrogens (tertiary/aromatic N) is 3. The smallest absolute Gasteiger partial charge is 0.318 e. The summed E-state index contributed by atoms with van der Waals surface area (Å²) < 4.78 is 21.3. The molecule has 37 heavy (non-hydrogen) atoms. The molecule has 0 bridgehead atoms. The second-order valence-corrected chi connectivity index (χ2v) is 7.34. The molecule has 0 heterocycles. The van der Waals surface area contributed by atoms with E-state index in [2.05, 4.69) is 10.5 Å². The molecule has 0 aliphatic carbocycles. The van der Waals surface area contributed by atoms with Crippen LogP contribution in [0.2, 0.25) is 0 Å². The predicted molar refractivity (Wildman–Crippen MR) is 132 cm³/mol. The van der Waals surface area contributed by atoms with Crippen LogP contribution in [0.4, 0.5) is 11.4 Å². The summed E-state index contributed by atoms with van der Waals surface area (Å²) in [7, 11) is 4.40. The lowest BCUT2D eigenvalue weighted by Crippen LogP contribution is -2.19. The number of ether oxygens (including phenoxy) is 4. The van der Waals surface area contributed by atoms with Crippen LogP contribution in [0.3, 0.4) is 0 Å². The van der Waals surface area contributed by atoms with Gasteiger partial charge in [0.25, 0.3) is 5.69 Å². The number of hydrogen-bond acceptors (Lipinski definition) is 10. The van der Waals surface area contributed by atoms with Gasteiger partial charge in [0.2, 0.25) is 11.7 Å². The first-order valence-electron chi connectivity index (χ1n) is 10.6. The normalized spacial score (nSPS) is 10.6. The molecule has 3 rings (SSSR count). The zero-order valence-electron chi connectivity index (χ0n) is 20.0. The van der Waals surface area contributed by atoms with Gasteiger partial charge in [-0.25, -0.2) is 5.43 Å². The van der Waals surface area contributed by atoms with Crippen LogP contribution in [-0.2, 0) is 11.2 Å². The molecule has 0 aliphatic rings. The number of nitro benzene ring substituents is 2. The maximum atomic E-state index is 12.3. The van der Waals surface area contributed by atoms with E-state index in [1.807, 2.05) is 0 Å². The molecule has 0 atom stereocenters. The minimum atomic E-state index is -0.777. The quantitative estimate of drug-likeness (QED) is 0.228. The number of amides is 1. The fraction of sp³-hybridized carbons (Fsp3) is 0.167. The topological polar surface area (TPSA) is 165 Å². The first-order chi connectivity index (χ1) is 17.7. The number of non-ortho nitro benzene ring substituents is 1. The van der Waals surface area contributed by atoms with E-state index in [1.54, 1.807) is 24.3 Å². The number of carbonyl (C=O) groups excluding carboxylic acids is 1. The number of rotatable bonds is 11. The van der Waals surface area contributed by atoms with Crippen molar-refractivity contribution in [3.05, 3.63) is 86.0 Å². The van der Waals surface area contributed by atoms with E-state index in [9.17, 15) is 25.0 Å². The average molecular weight is 510 g/mol. The number of methoxy groups -OCH3 is 3. The Bertz CT molecular complexity index is 1360. The summed E-state index contributed by atoms with van der Waals surface area (Å²) in [5.41, 5.74) is 2.66. The maximum Gasteiger partial charge on any atom is 0.318 e. The van der Waals surface area contributed by atoms with Gasteiger partial charge in [-0.15, -0.1) is 0 Å². The van der Waals surface area contributed by atoms with Crippen molar-refractivity contribution in [3.8, 4) is 28.7 Å². The monoisotopic (exact) mass is 510 g/mol. The van der Waals surface area contributed by atoms with Crippen LogP contribution in [-0.4, -0.2) is 43.3 Å². The Labute approximate surface area is 210 Å². The third kappa shape index (κ3) is 6.69. The van der Waals surface area contributed by atoms with Crippen molar-refractivity contribution < 1.29 is 33.6 Å². The van der Waals surface area contributed by atoms with E-state index in [4.69, 9.17) is 18.9 Å². The van der Waals surface area contributed by atoms with Gasteiger partial charge in [0.1, 0.15) is 0 Å². The van der Waals surface area contributed by atoms with Crippen molar-refractivity contribution in [2.45, 2.75) is 6.42 Å². The SMILES string of the molecule is COc1ccc(CC(=O)NN=Cc2ccc(Oc3ccc([N+](=O)[O-])cc3[N+](=O)[O-])c(OC)c2)cc1OC. The largest absolute Gasteiger partial charge is 0.493 e. The summed E-state index contributed by atoms with van der Waals surface area (Å²) in [4.78, 5) is 33.0. The highest BCUT2D eigenvalue weighted by Crippen LogP contribution is 2.38. The van der Waals surface area contributed by atoms with Gasteiger partial charge >= 0.3 is 5.69 Å². The van der Waals surface area contributed by atoms with Gasteiger partial charge in [-0.05, 0) is 47.5 Å². The van der Waals surface area contributed by atoms with Crippen LogP contribution in [0.15, 0.2) is 59.7 Å². The first kappa shape index (κ1) is 26.4. The maximum absolute atomic E-state index is 12.3. The number of benzene rings is 3. The molecule has 1 N–H and O–H groups in total. The van der Waals surface area contributed by atoms with Gasteiger partial charge in [-0.2, -0.15) is 5.10 Å². The lowest BCUT2D eigenvalue weighted by Gasteiger charge is -2.11. The van der Waals surface area contributed by atoms with E-state index in [0.29, 0.717) is 22.6 Å². The Kier molecular flexibility index (Phi) is 8.54. The fourth-order valence-electron chi connectivity index (χ4n) is 3.21. The molecule has 0 spiro atoms. The number of nitrogens with one attached hydrogen (secondary N) is 1. The molecule has 3 aromatic rings. The van der Waals surface area contributed by atoms with Crippen LogP contribution in [0.5, 0.6) is 28.7 Å². The zero-order valence-corrected chi connectivity index (χ0v) is 20.0. The highest BCUT2D eigenvalue weighted by Gasteiger charge is 2.22. The summed E-state index contributed by atoms with van der Waals surface area (Å²) in [6.45, 7) is 0. The van der Waals surface area contributed by atoms with Gasteiger partial charge < -0.3 is 18.9 Å². The standard InChI is InChI=1S/C24H22N4O9/c1-34-20-7-4-15(10-22(20)35-2)12-24(29)26-25-14-16-5-8-21(23(11-16)36-3)37-19-9-6-17(27(30)31)13-18(19)28(32)33/h4-11,13-14H,12H2,1-3H3,(H,26,29). The molecule has 0 saturated heterocycles. The van der Waals surface area contributed by atoms with E-state index in [-0.39, 0.29) is 29.6 Å². The Balaban J connectivity index is 1.69. The zero-order chi connectivity index (χ0) is 26.9. The minimum absolute atomic E-state index is 0.0574. The molecule has 0 aliphatic heterocycles. The summed E-state index contributed by atoms with van der Waals surface area (Å²) >= 11 is 0. The van der Waals surface area contributed by atoms with Gasteiger partial charge in [-0.3, -0.25) is 25.0 Å². The minimum Gasteiger partial charge on any atom is -0.493 e. The second kappa shape index (κ2) is 12.0. The molecule has 3 aromatic carbocycles. The summed E-state index contributed by atoms with van der Waals surface area (Å²) in [5.74, 6) is 0.847. The van der Waals surface area contributed by atoms with Crippen molar-refractivity contribution in [2.75, 3.05) is 21.3 Å². The van der Waals surface area contributed by atoms with Gasteiger partial charge in [0, 0.05) is 6.07 Å². The van der Waals surface area contributed by atoms with Gasteiger partial charge in [0.05, 0.1) is 49.9 Å². The third-order valence-corrected chi connectivity index (χ3v) is 4.97. The molecule has 0 aromatic heterocycles. The average Bonchev–Trinajstić information content (AvgIpc) is 2.89. The van der Waals surface area contributed by atoms with Crippen LogP contribution in [0.25, 0.3) is 0 Å². The number of carbonyl (C=O) groups is 1. The van der Waals surface area contributed by atoms with E-state index in [1.165, 1.54) is 39.7 Å². The predicted octanol–water partition coefficient (Wildman–Crippen LogP) is 4.01. The number of hydrogen-bond donors (Lipinski definition) is 1. The Morgan fingerprint density at radius 2 is 1.49 bits per heavy atom. The summed E-state index contributed by atoms with van der Waals surface area (Å²) in [6, 6.07) is 12.8. The molecule has 0 unspecified atom stereocenters. The van der Waals surface area contributed by atoms with Crippen molar-refractivity contribution >= 4 is 23.5 Å². The van der Waals surface area contributed by atoms with Crippen LogP contribution >= 0.6 is 0 Å². The Morgan fingerprint density at radius 1 is 0.838 bits per heavy atom. The van der Waals surface area contributed by atoms with Crippen molar-refractivity contribution in [1.82, 2.24) is 5.43 Å². The Morgan fingerprint density at radius 3 is 2.14 bits per heavy atom. The van der Waals surface area contributed by atoms with E-state index >= 15 is 0 Å². The molecule has 13 nitrogen and oxygen atoms in total. The highest BCUT2D eigenvalue weighted by atomic mass is 16.6. The molecule has 13 heteroatoms. The van der Waals surface area contributed by atoms with E-state index in [0.717, 1.165) is 18.2 Å². The van der Waals surface area contributed by atoms with Gasteiger partial charge in [-0.1, -0.05) is 6.07 Å². The van der Waals surface area contributed by atoms with Crippen LogP contribution < -0.4 is 24.4 Å². The molecule has 1 amide bonds. The molecule has 0 radical (unpaired) electrons. The molecule has 0 fully saturated rings. The Hall–Kier alpha value is -5.20. The molecule has 0 saturated carbocycles. The summed E-state index contributed by atoms with van der Waals surface area (Å²) in [5, 5.41) is 26.2.